The minimum Gasteiger partial charge on any atom is -0.473 e. The molecular weight excluding hydrogens is 424 g/mol. The molecule has 1 amide bonds. The number of anilines is 1. The average molecular weight is 451 g/mol. The molecule has 168 valence electrons. The molecule has 0 fully saturated rings. The van der Waals surface area contributed by atoms with E-state index in [2.05, 4.69) is 22.8 Å². The number of thiophene rings is 1. The zero-order valence-corrected chi connectivity index (χ0v) is 18.4. The molecule has 10 heteroatoms. The van der Waals surface area contributed by atoms with Crippen LogP contribution in [0.5, 0.6) is 0 Å². The van der Waals surface area contributed by atoms with E-state index in [1.807, 2.05) is 32.0 Å². The van der Waals surface area contributed by atoms with Crippen molar-refractivity contribution in [3.63, 3.8) is 0 Å². The van der Waals surface area contributed by atoms with Crippen LogP contribution in [0.3, 0.4) is 0 Å². The van der Waals surface area contributed by atoms with Gasteiger partial charge in [0.25, 0.3) is 0 Å². The van der Waals surface area contributed by atoms with E-state index in [1.165, 1.54) is 16.9 Å². The van der Waals surface area contributed by atoms with Gasteiger partial charge in [0, 0.05) is 4.88 Å². The number of carbonyl (C=O) groups excluding carboxylic acids is 2. The summed E-state index contributed by atoms with van der Waals surface area (Å²) >= 11 is 1.40. The van der Waals surface area contributed by atoms with Crippen LogP contribution in [0.25, 0.3) is 0 Å². The van der Waals surface area contributed by atoms with Crippen molar-refractivity contribution >= 4 is 40.2 Å². The molecule has 0 unspecified atom stereocenters. The first-order chi connectivity index (χ1) is 14.7. The van der Waals surface area contributed by atoms with Crippen molar-refractivity contribution in [2.75, 3.05) is 25.0 Å². The minimum absolute atomic E-state index is 0.167. The summed E-state index contributed by atoms with van der Waals surface area (Å²) in [6, 6.07) is 10.1. The number of amides is 1. The Morgan fingerprint density at radius 3 is 2.19 bits per heavy atom. The zero-order valence-electron chi connectivity index (χ0n) is 17.6. The predicted octanol–water partition coefficient (Wildman–Crippen LogP) is 2.47. The van der Waals surface area contributed by atoms with Crippen molar-refractivity contribution in [3.8, 4) is 0 Å². The van der Waals surface area contributed by atoms with Crippen LogP contribution in [0.4, 0.5) is 5.00 Å². The van der Waals surface area contributed by atoms with Crippen LogP contribution in [0, 0.1) is 13.8 Å². The maximum absolute atomic E-state index is 12.2. The van der Waals surface area contributed by atoms with Gasteiger partial charge in [-0.3, -0.25) is 4.79 Å². The molecule has 0 aliphatic heterocycles. The number of aliphatic carboxylic acids is 2. The van der Waals surface area contributed by atoms with E-state index in [0.29, 0.717) is 23.7 Å². The molecule has 2 rings (SSSR count). The van der Waals surface area contributed by atoms with Crippen molar-refractivity contribution in [1.82, 2.24) is 5.32 Å². The smallest absolute Gasteiger partial charge is 0.414 e. The van der Waals surface area contributed by atoms with Crippen LogP contribution >= 0.6 is 11.3 Å². The third kappa shape index (κ3) is 8.97. The number of aryl methyl sites for hydroxylation is 1. The lowest BCUT2D eigenvalue weighted by Crippen LogP contribution is -2.29. The molecule has 0 saturated heterocycles. The summed E-state index contributed by atoms with van der Waals surface area (Å²) in [6.07, 6.45) is 0.861. The third-order valence-corrected chi connectivity index (χ3v) is 5.14. The first kappa shape index (κ1) is 25.8. The van der Waals surface area contributed by atoms with E-state index in [4.69, 9.17) is 24.5 Å². The van der Waals surface area contributed by atoms with Crippen molar-refractivity contribution in [1.29, 1.82) is 0 Å². The van der Waals surface area contributed by atoms with Gasteiger partial charge in [-0.1, -0.05) is 30.3 Å². The van der Waals surface area contributed by atoms with Crippen molar-refractivity contribution in [2.24, 2.45) is 0 Å². The highest BCUT2D eigenvalue weighted by atomic mass is 32.1. The second kappa shape index (κ2) is 13.1. The van der Waals surface area contributed by atoms with Crippen LogP contribution in [0.2, 0.25) is 0 Å². The fourth-order valence-electron chi connectivity index (χ4n) is 2.41. The molecule has 1 aromatic carbocycles. The van der Waals surface area contributed by atoms with Crippen molar-refractivity contribution < 1.29 is 34.1 Å². The number of benzene rings is 1. The molecule has 2 aromatic rings. The molecule has 0 radical (unpaired) electrons. The van der Waals surface area contributed by atoms with E-state index in [0.717, 1.165) is 16.9 Å². The largest absolute Gasteiger partial charge is 0.473 e. The Hall–Kier alpha value is -3.24. The molecule has 0 atom stereocenters. The van der Waals surface area contributed by atoms with Gasteiger partial charge in [-0.2, -0.15) is 0 Å². The molecular formula is C21H26N2O7S. The fourth-order valence-corrected chi connectivity index (χ4v) is 3.48. The highest BCUT2D eigenvalue weighted by molar-refractivity contribution is 7.16. The van der Waals surface area contributed by atoms with Crippen LogP contribution in [-0.4, -0.2) is 53.7 Å². The topological polar surface area (TPSA) is 142 Å². The molecule has 0 spiro atoms. The maximum Gasteiger partial charge on any atom is 0.414 e. The lowest BCUT2D eigenvalue weighted by Gasteiger charge is -2.08. The van der Waals surface area contributed by atoms with Gasteiger partial charge in [0.15, 0.2) is 0 Å². The SMILES string of the molecule is CCOC(=O)c1c(NC(=O)CNCCc2ccccc2)sc(C)c1C.O=C(O)C(=O)O. The highest BCUT2D eigenvalue weighted by Gasteiger charge is 2.21. The molecule has 1 heterocycles. The maximum atomic E-state index is 12.2. The monoisotopic (exact) mass is 450 g/mol. The Morgan fingerprint density at radius 2 is 1.65 bits per heavy atom. The summed E-state index contributed by atoms with van der Waals surface area (Å²) in [4.78, 5) is 43.5. The third-order valence-electron chi connectivity index (χ3n) is 4.02. The van der Waals surface area contributed by atoms with Crippen molar-refractivity contribution in [3.05, 3.63) is 51.9 Å². The lowest BCUT2D eigenvalue weighted by molar-refractivity contribution is -0.159. The number of carboxylic acid groups (broad SMARTS) is 2. The average Bonchev–Trinajstić information content (AvgIpc) is 3.00. The summed E-state index contributed by atoms with van der Waals surface area (Å²) < 4.78 is 5.09. The summed E-state index contributed by atoms with van der Waals surface area (Å²) in [5.41, 5.74) is 2.54. The highest BCUT2D eigenvalue weighted by Crippen LogP contribution is 2.32. The van der Waals surface area contributed by atoms with Gasteiger partial charge in [-0.05, 0) is 44.9 Å². The number of hydrogen-bond acceptors (Lipinski definition) is 7. The predicted molar refractivity (Wildman–Crippen MR) is 117 cm³/mol. The Morgan fingerprint density at radius 1 is 1.03 bits per heavy atom. The van der Waals surface area contributed by atoms with Crippen LogP contribution in [0.1, 0.15) is 33.3 Å². The number of carbonyl (C=O) groups is 4. The standard InChI is InChI=1S/C19H24N2O3S.C2H2O4/c1-4-24-19(23)17-13(2)14(3)25-18(17)21-16(22)12-20-11-10-15-8-6-5-7-9-15;3-1(4)2(5)6/h5-9,20H,4,10-12H2,1-3H3,(H,21,22);(H,3,4)(H,5,6). The van der Waals surface area contributed by atoms with E-state index >= 15 is 0 Å². The summed E-state index contributed by atoms with van der Waals surface area (Å²) in [7, 11) is 0. The van der Waals surface area contributed by atoms with E-state index < -0.39 is 17.9 Å². The van der Waals surface area contributed by atoms with E-state index in [-0.39, 0.29) is 12.5 Å². The molecule has 1 aromatic heterocycles. The number of hydrogen-bond donors (Lipinski definition) is 4. The summed E-state index contributed by atoms with van der Waals surface area (Å²) in [6.45, 7) is 6.78. The van der Waals surface area contributed by atoms with Gasteiger partial charge in [0.05, 0.1) is 18.7 Å². The van der Waals surface area contributed by atoms with Crippen LogP contribution in [0.15, 0.2) is 30.3 Å². The molecule has 0 aliphatic rings. The van der Waals surface area contributed by atoms with Gasteiger partial charge >= 0.3 is 17.9 Å². The van der Waals surface area contributed by atoms with Gasteiger partial charge in [0.1, 0.15) is 5.00 Å². The van der Waals surface area contributed by atoms with Gasteiger partial charge < -0.3 is 25.6 Å². The van der Waals surface area contributed by atoms with E-state index in [9.17, 15) is 9.59 Å². The molecule has 31 heavy (non-hydrogen) atoms. The number of ether oxygens (including phenoxy) is 1. The molecule has 0 saturated carbocycles. The van der Waals surface area contributed by atoms with Crippen LogP contribution < -0.4 is 10.6 Å². The Kier molecular flexibility index (Phi) is 10.9. The second-order valence-electron chi connectivity index (χ2n) is 6.28. The molecule has 4 N–H and O–H groups in total. The lowest BCUT2D eigenvalue weighted by atomic mass is 10.1. The minimum atomic E-state index is -1.82. The normalized spacial score (nSPS) is 9.90. The van der Waals surface area contributed by atoms with Crippen molar-refractivity contribution in [2.45, 2.75) is 27.2 Å². The number of nitrogens with one attached hydrogen (secondary N) is 2. The Balaban J connectivity index is 0.000000703. The second-order valence-corrected chi connectivity index (χ2v) is 7.50. The Labute approximate surface area is 184 Å². The number of rotatable bonds is 8. The van der Waals surface area contributed by atoms with E-state index in [1.54, 1.807) is 6.92 Å². The van der Waals surface area contributed by atoms with Crippen LogP contribution in [-0.2, 0) is 25.5 Å². The number of carboxylic acids is 2. The summed E-state index contributed by atoms with van der Waals surface area (Å²) in [5.74, 6) is -4.21. The van der Waals surface area contributed by atoms with Gasteiger partial charge in [0.2, 0.25) is 5.91 Å². The number of esters is 1. The van der Waals surface area contributed by atoms with Gasteiger partial charge in [-0.15, -0.1) is 11.3 Å². The van der Waals surface area contributed by atoms with Gasteiger partial charge in [-0.25, -0.2) is 14.4 Å². The Bertz CT molecular complexity index is 898. The fraction of sp³-hybridized carbons (Fsp3) is 0.333. The molecule has 0 aliphatic carbocycles. The quantitative estimate of drug-likeness (QED) is 0.273. The summed E-state index contributed by atoms with van der Waals surface area (Å²) in [5, 5.41) is 21.3. The zero-order chi connectivity index (χ0) is 23.4. The molecule has 0 bridgehead atoms. The molecule has 9 nitrogen and oxygen atoms in total. The first-order valence-electron chi connectivity index (χ1n) is 9.45. The first-order valence-corrected chi connectivity index (χ1v) is 10.3.